The predicted octanol–water partition coefficient (Wildman–Crippen LogP) is 8.51. The van der Waals surface area contributed by atoms with E-state index in [2.05, 4.69) is 13.8 Å². The lowest BCUT2D eigenvalue weighted by Crippen LogP contribution is -1.97. The summed E-state index contributed by atoms with van der Waals surface area (Å²) in [5.74, 6) is 0. The minimum atomic E-state index is 0.867. The van der Waals surface area contributed by atoms with E-state index in [-0.39, 0.29) is 0 Å². The summed E-state index contributed by atoms with van der Waals surface area (Å²) in [5.41, 5.74) is 10.8. The molecule has 0 aromatic rings. The SMILES string of the molecule is CCCCCCCCCCCCCCCCCCN.CCCCCCCCN. The van der Waals surface area contributed by atoms with Crippen LogP contribution < -0.4 is 11.5 Å². The standard InChI is InChI=1S/C18H39N.C8H19N/c1-2-3-4-5-6-7-8-9-10-11-12-13-14-15-16-17-18-19;1-2-3-4-5-6-7-8-9/h2-19H2,1H3;2-9H2,1H3. The summed E-state index contributed by atoms with van der Waals surface area (Å²) in [4.78, 5) is 0. The van der Waals surface area contributed by atoms with E-state index in [1.165, 1.54) is 141 Å². The van der Waals surface area contributed by atoms with Gasteiger partial charge in [-0.25, -0.2) is 0 Å². The number of hydrogen-bond donors (Lipinski definition) is 2. The molecule has 0 heterocycles. The van der Waals surface area contributed by atoms with Crippen LogP contribution in [0.4, 0.5) is 0 Å². The Hall–Kier alpha value is -0.0800. The van der Waals surface area contributed by atoms with Crippen LogP contribution in [0.3, 0.4) is 0 Å². The molecular formula is C26H58N2. The van der Waals surface area contributed by atoms with Crippen molar-refractivity contribution in [2.45, 2.75) is 155 Å². The molecule has 0 aliphatic carbocycles. The molecule has 0 saturated heterocycles. The molecule has 0 spiro atoms. The average molecular weight is 399 g/mol. The van der Waals surface area contributed by atoms with Gasteiger partial charge in [0.05, 0.1) is 0 Å². The molecule has 4 N–H and O–H groups in total. The van der Waals surface area contributed by atoms with E-state index in [1.54, 1.807) is 0 Å². The van der Waals surface area contributed by atoms with E-state index >= 15 is 0 Å². The molecule has 2 heteroatoms. The highest BCUT2D eigenvalue weighted by atomic mass is 14.5. The minimum Gasteiger partial charge on any atom is -0.330 e. The second kappa shape index (κ2) is 31.6. The van der Waals surface area contributed by atoms with Crippen molar-refractivity contribution in [3.63, 3.8) is 0 Å². The molecule has 2 nitrogen and oxygen atoms in total. The molecule has 0 radical (unpaired) electrons. The van der Waals surface area contributed by atoms with E-state index in [0.717, 1.165) is 13.1 Å². The van der Waals surface area contributed by atoms with Crippen LogP contribution >= 0.6 is 0 Å². The van der Waals surface area contributed by atoms with Crippen LogP contribution in [0.25, 0.3) is 0 Å². The molecule has 0 aromatic heterocycles. The maximum absolute atomic E-state index is 5.48. The smallest absolute Gasteiger partial charge is 0.00773 e. The first-order chi connectivity index (χ1) is 13.8. The number of hydrogen-bond acceptors (Lipinski definition) is 2. The topological polar surface area (TPSA) is 52.0 Å². The van der Waals surface area contributed by atoms with Gasteiger partial charge >= 0.3 is 0 Å². The Morgan fingerprint density at radius 2 is 0.464 bits per heavy atom. The van der Waals surface area contributed by atoms with Crippen LogP contribution in [-0.4, -0.2) is 13.1 Å². The summed E-state index contributed by atoms with van der Waals surface area (Å²) in [7, 11) is 0. The van der Waals surface area contributed by atoms with Gasteiger partial charge in [-0.3, -0.25) is 0 Å². The van der Waals surface area contributed by atoms with Crippen molar-refractivity contribution < 1.29 is 0 Å². The van der Waals surface area contributed by atoms with Gasteiger partial charge in [0, 0.05) is 0 Å². The lowest BCUT2D eigenvalue weighted by atomic mass is 10.0. The molecule has 172 valence electrons. The number of unbranched alkanes of at least 4 members (excludes halogenated alkanes) is 20. The summed E-state index contributed by atoms with van der Waals surface area (Å²) < 4.78 is 0. The Kier molecular flexibility index (Phi) is 34.0. The molecule has 28 heavy (non-hydrogen) atoms. The lowest BCUT2D eigenvalue weighted by molar-refractivity contribution is 0.530. The number of nitrogens with two attached hydrogens (primary N) is 2. The first-order valence-electron chi connectivity index (χ1n) is 13.2. The van der Waals surface area contributed by atoms with E-state index in [1.807, 2.05) is 0 Å². The summed E-state index contributed by atoms with van der Waals surface area (Å²) in [6.07, 6.45) is 30.9. The fraction of sp³-hybridized carbons (Fsp3) is 1.00. The Balaban J connectivity index is 0. The van der Waals surface area contributed by atoms with Gasteiger partial charge in [-0.2, -0.15) is 0 Å². The predicted molar refractivity (Wildman–Crippen MR) is 131 cm³/mol. The van der Waals surface area contributed by atoms with Crippen LogP contribution in [0, 0.1) is 0 Å². The summed E-state index contributed by atoms with van der Waals surface area (Å²) >= 11 is 0. The first kappa shape index (κ1) is 30.1. The molecule has 0 aliphatic heterocycles. The minimum absolute atomic E-state index is 0.867. The molecular weight excluding hydrogens is 340 g/mol. The van der Waals surface area contributed by atoms with Gasteiger partial charge in [0.2, 0.25) is 0 Å². The monoisotopic (exact) mass is 398 g/mol. The Bertz CT molecular complexity index is 208. The van der Waals surface area contributed by atoms with Crippen LogP contribution in [0.1, 0.15) is 155 Å². The summed E-state index contributed by atoms with van der Waals surface area (Å²) in [6.45, 7) is 6.27. The van der Waals surface area contributed by atoms with Crippen LogP contribution in [-0.2, 0) is 0 Å². The van der Waals surface area contributed by atoms with Crippen molar-refractivity contribution in [3.05, 3.63) is 0 Å². The summed E-state index contributed by atoms with van der Waals surface area (Å²) in [6, 6.07) is 0. The van der Waals surface area contributed by atoms with Gasteiger partial charge in [0.25, 0.3) is 0 Å². The van der Waals surface area contributed by atoms with Crippen LogP contribution in [0.2, 0.25) is 0 Å². The lowest BCUT2D eigenvalue weighted by Gasteiger charge is -2.03. The van der Waals surface area contributed by atoms with Crippen molar-refractivity contribution in [2.24, 2.45) is 11.5 Å². The Morgan fingerprint density at radius 3 is 0.643 bits per heavy atom. The normalized spacial score (nSPS) is 10.7. The van der Waals surface area contributed by atoms with Gasteiger partial charge in [0.15, 0.2) is 0 Å². The maximum Gasteiger partial charge on any atom is -0.00773 e. The third-order valence-corrected chi connectivity index (χ3v) is 5.62. The van der Waals surface area contributed by atoms with Crippen molar-refractivity contribution in [1.82, 2.24) is 0 Å². The maximum atomic E-state index is 5.48. The molecule has 0 saturated carbocycles. The molecule has 0 fully saturated rings. The van der Waals surface area contributed by atoms with Gasteiger partial charge in [-0.15, -0.1) is 0 Å². The summed E-state index contributed by atoms with van der Waals surface area (Å²) in [5, 5.41) is 0. The molecule has 0 rings (SSSR count). The van der Waals surface area contributed by atoms with Crippen LogP contribution in [0.15, 0.2) is 0 Å². The zero-order chi connectivity index (χ0) is 21.0. The zero-order valence-electron chi connectivity index (χ0n) is 20.1. The third kappa shape index (κ3) is 33.5. The second-order valence-corrected chi connectivity index (χ2v) is 8.65. The fourth-order valence-corrected chi connectivity index (χ4v) is 3.62. The largest absolute Gasteiger partial charge is 0.330 e. The third-order valence-electron chi connectivity index (χ3n) is 5.62. The molecule has 0 amide bonds. The van der Waals surface area contributed by atoms with E-state index in [4.69, 9.17) is 11.5 Å². The van der Waals surface area contributed by atoms with Crippen molar-refractivity contribution in [1.29, 1.82) is 0 Å². The first-order valence-corrected chi connectivity index (χ1v) is 13.2. The second-order valence-electron chi connectivity index (χ2n) is 8.65. The van der Waals surface area contributed by atoms with Crippen molar-refractivity contribution in [2.75, 3.05) is 13.1 Å². The average Bonchev–Trinajstić information content (AvgIpc) is 2.71. The van der Waals surface area contributed by atoms with Crippen molar-refractivity contribution >= 4 is 0 Å². The fourth-order valence-electron chi connectivity index (χ4n) is 3.62. The Morgan fingerprint density at radius 1 is 0.286 bits per heavy atom. The van der Waals surface area contributed by atoms with E-state index in [9.17, 15) is 0 Å². The molecule has 0 atom stereocenters. The zero-order valence-corrected chi connectivity index (χ0v) is 20.1. The quantitative estimate of drug-likeness (QED) is 0.179. The van der Waals surface area contributed by atoms with Crippen LogP contribution in [0.5, 0.6) is 0 Å². The Labute approximate surface area is 180 Å². The highest BCUT2D eigenvalue weighted by Gasteiger charge is 1.94. The molecule has 0 bridgehead atoms. The van der Waals surface area contributed by atoms with Gasteiger partial charge in [-0.1, -0.05) is 142 Å². The van der Waals surface area contributed by atoms with Gasteiger partial charge < -0.3 is 11.5 Å². The molecule has 0 aromatic carbocycles. The van der Waals surface area contributed by atoms with E-state index < -0.39 is 0 Å². The highest BCUT2D eigenvalue weighted by molar-refractivity contribution is 4.50. The highest BCUT2D eigenvalue weighted by Crippen LogP contribution is 2.13. The molecule has 0 aliphatic rings. The number of rotatable bonds is 22. The van der Waals surface area contributed by atoms with E-state index in [0.29, 0.717) is 0 Å². The van der Waals surface area contributed by atoms with Gasteiger partial charge in [-0.05, 0) is 25.9 Å². The van der Waals surface area contributed by atoms with Gasteiger partial charge in [0.1, 0.15) is 0 Å². The van der Waals surface area contributed by atoms with Crippen molar-refractivity contribution in [3.8, 4) is 0 Å². The molecule has 0 unspecified atom stereocenters.